The molecule has 2 aromatic carbocycles. The second kappa shape index (κ2) is 6.55. The molecule has 0 aliphatic heterocycles. The largest absolute Gasteiger partial charge is 0.381 e. The first-order valence-electron chi connectivity index (χ1n) is 6.14. The van der Waals surface area contributed by atoms with Gasteiger partial charge in [0.05, 0.1) is 4.90 Å². The van der Waals surface area contributed by atoms with Gasteiger partial charge in [-0.15, -0.1) is 0 Å². The maximum Gasteiger partial charge on any atom is 0.240 e. The average molecular weight is 373 g/mol. The fraction of sp³-hybridized carbons (Fsp3) is 0.143. The van der Waals surface area contributed by atoms with Crippen LogP contribution in [0.2, 0.25) is 0 Å². The molecule has 4 nitrogen and oxygen atoms in total. The highest BCUT2D eigenvalue weighted by Crippen LogP contribution is 2.20. The van der Waals surface area contributed by atoms with E-state index in [2.05, 4.69) is 26.0 Å². The zero-order valence-corrected chi connectivity index (χ0v) is 13.6. The van der Waals surface area contributed by atoms with Crippen LogP contribution in [0.4, 0.5) is 10.1 Å². The molecule has 2 aromatic rings. The predicted octanol–water partition coefficient (Wildman–Crippen LogP) is 3.11. The van der Waals surface area contributed by atoms with Gasteiger partial charge in [-0.05, 0) is 49.0 Å². The number of rotatable bonds is 5. The van der Waals surface area contributed by atoms with Crippen LogP contribution in [0.1, 0.15) is 5.56 Å². The van der Waals surface area contributed by atoms with Gasteiger partial charge in [0.25, 0.3) is 0 Å². The summed E-state index contributed by atoms with van der Waals surface area (Å²) in [6.45, 7) is 0.376. The quantitative estimate of drug-likeness (QED) is 0.847. The summed E-state index contributed by atoms with van der Waals surface area (Å²) in [6.07, 6.45) is 0. The molecule has 2 rings (SSSR count). The summed E-state index contributed by atoms with van der Waals surface area (Å²) in [5, 5.41) is 3.08. The smallest absolute Gasteiger partial charge is 0.240 e. The van der Waals surface area contributed by atoms with Crippen LogP contribution >= 0.6 is 15.9 Å². The van der Waals surface area contributed by atoms with Crippen LogP contribution in [0.3, 0.4) is 0 Å². The van der Waals surface area contributed by atoms with Gasteiger partial charge in [-0.2, -0.15) is 0 Å². The molecule has 0 radical (unpaired) electrons. The van der Waals surface area contributed by atoms with Crippen molar-refractivity contribution in [3.8, 4) is 0 Å². The van der Waals surface area contributed by atoms with Crippen LogP contribution in [-0.2, 0) is 16.6 Å². The Morgan fingerprint density at radius 2 is 1.95 bits per heavy atom. The zero-order valence-electron chi connectivity index (χ0n) is 11.2. The molecule has 0 unspecified atom stereocenters. The molecule has 0 saturated heterocycles. The highest BCUT2D eigenvalue weighted by molar-refractivity contribution is 9.10. The first-order chi connectivity index (χ1) is 9.92. The number of hydrogen-bond acceptors (Lipinski definition) is 3. The minimum atomic E-state index is -3.48. The molecule has 0 bridgehead atoms. The monoisotopic (exact) mass is 372 g/mol. The molecule has 7 heteroatoms. The number of nitrogens with one attached hydrogen (secondary N) is 2. The number of anilines is 1. The van der Waals surface area contributed by atoms with Crippen LogP contribution < -0.4 is 10.0 Å². The third-order valence-electron chi connectivity index (χ3n) is 2.90. The summed E-state index contributed by atoms with van der Waals surface area (Å²) in [5.41, 5.74) is 1.39. The summed E-state index contributed by atoms with van der Waals surface area (Å²) in [5.74, 6) is -0.318. The van der Waals surface area contributed by atoms with Crippen molar-refractivity contribution >= 4 is 31.6 Å². The van der Waals surface area contributed by atoms with Crippen molar-refractivity contribution in [3.05, 3.63) is 58.3 Å². The minimum Gasteiger partial charge on any atom is -0.381 e. The number of sulfonamides is 1. The van der Waals surface area contributed by atoms with Crippen molar-refractivity contribution in [3.63, 3.8) is 0 Å². The van der Waals surface area contributed by atoms with E-state index in [0.29, 0.717) is 12.2 Å². The second-order valence-corrected chi connectivity index (χ2v) is 7.07. The van der Waals surface area contributed by atoms with E-state index >= 15 is 0 Å². The Morgan fingerprint density at radius 3 is 2.67 bits per heavy atom. The van der Waals surface area contributed by atoms with Gasteiger partial charge in [0, 0.05) is 16.7 Å². The number of halogens is 2. The topological polar surface area (TPSA) is 58.2 Å². The van der Waals surface area contributed by atoms with Gasteiger partial charge in [-0.3, -0.25) is 0 Å². The lowest BCUT2D eigenvalue weighted by atomic mass is 10.2. The average Bonchev–Trinajstić information content (AvgIpc) is 2.48. The van der Waals surface area contributed by atoms with Crippen LogP contribution in [0.5, 0.6) is 0 Å². The molecule has 0 atom stereocenters. The Balaban J connectivity index is 2.18. The van der Waals surface area contributed by atoms with Crippen molar-refractivity contribution in [1.82, 2.24) is 4.72 Å². The SMILES string of the molecule is CNS(=O)(=O)c1cccc(NCc2cc(F)ccc2Br)c1. The van der Waals surface area contributed by atoms with Gasteiger partial charge < -0.3 is 5.32 Å². The lowest BCUT2D eigenvalue weighted by molar-refractivity contribution is 0.588. The normalized spacial score (nSPS) is 11.4. The van der Waals surface area contributed by atoms with Crippen molar-refractivity contribution in [2.75, 3.05) is 12.4 Å². The van der Waals surface area contributed by atoms with Gasteiger partial charge in [0.1, 0.15) is 5.82 Å². The van der Waals surface area contributed by atoms with Gasteiger partial charge in [0.15, 0.2) is 0 Å². The Morgan fingerprint density at radius 1 is 1.19 bits per heavy atom. The summed E-state index contributed by atoms with van der Waals surface area (Å²) in [7, 11) is -2.12. The zero-order chi connectivity index (χ0) is 15.5. The van der Waals surface area contributed by atoms with E-state index in [9.17, 15) is 12.8 Å². The first kappa shape index (κ1) is 15.9. The molecule has 21 heavy (non-hydrogen) atoms. The molecule has 0 aromatic heterocycles. The van der Waals surface area contributed by atoms with E-state index in [4.69, 9.17) is 0 Å². The highest BCUT2D eigenvalue weighted by atomic mass is 79.9. The van der Waals surface area contributed by atoms with E-state index in [1.54, 1.807) is 18.2 Å². The molecule has 0 heterocycles. The second-order valence-electron chi connectivity index (χ2n) is 4.32. The molecule has 0 saturated carbocycles. The molecule has 0 aliphatic rings. The fourth-order valence-corrected chi connectivity index (χ4v) is 2.93. The summed E-state index contributed by atoms with van der Waals surface area (Å²) in [6, 6.07) is 10.9. The lowest BCUT2D eigenvalue weighted by Gasteiger charge is -2.10. The number of hydrogen-bond donors (Lipinski definition) is 2. The van der Waals surface area contributed by atoms with Crippen LogP contribution in [0.15, 0.2) is 51.8 Å². The fourth-order valence-electron chi connectivity index (χ4n) is 1.77. The van der Waals surface area contributed by atoms with Gasteiger partial charge in [-0.25, -0.2) is 17.5 Å². The summed E-state index contributed by atoms with van der Waals surface area (Å²) in [4.78, 5) is 0.174. The van der Waals surface area contributed by atoms with Crippen LogP contribution in [-0.4, -0.2) is 15.5 Å². The molecular weight excluding hydrogens is 359 g/mol. The first-order valence-corrected chi connectivity index (χ1v) is 8.41. The molecular formula is C14H14BrFN2O2S. The standard InChI is InChI=1S/C14H14BrFN2O2S/c1-17-21(19,20)13-4-2-3-12(8-13)18-9-10-7-11(16)5-6-14(10)15/h2-8,17-18H,9H2,1H3. The maximum atomic E-state index is 13.2. The van der Waals surface area contributed by atoms with Gasteiger partial charge >= 0.3 is 0 Å². The van der Waals surface area contributed by atoms with E-state index in [0.717, 1.165) is 10.0 Å². The lowest BCUT2D eigenvalue weighted by Crippen LogP contribution is -2.18. The van der Waals surface area contributed by atoms with Crippen molar-refractivity contribution in [2.24, 2.45) is 0 Å². The molecule has 0 amide bonds. The van der Waals surface area contributed by atoms with Crippen molar-refractivity contribution in [1.29, 1.82) is 0 Å². The molecule has 0 spiro atoms. The van der Waals surface area contributed by atoms with E-state index in [1.807, 2.05) is 0 Å². The van der Waals surface area contributed by atoms with E-state index < -0.39 is 10.0 Å². The van der Waals surface area contributed by atoms with Crippen LogP contribution in [0, 0.1) is 5.82 Å². The molecule has 0 fully saturated rings. The Hall–Kier alpha value is -1.44. The predicted molar refractivity (Wildman–Crippen MR) is 84.1 cm³/mol. The van der Waals surface area contributed by atoms with Crippen LogP contribution in [0.25, 0.3) is 0 Å². The van der Waals surface area contributed by atoms with Gasteiger partial charge in [-0.1, -0.05) is 22.0 Å². The molecule has 2 N–H and O–H groups in total. The Kier molecular flexibility index (Phi) is 4.97. The molecule has 0 aliphatic carbocycles. The third-order valence-corrected chi connectivity index (χ3v) is 5.09. The van der Waals surface area contributed by atoms with Crippen molar-refractivity contribution < 1.29 is 12.8 Å². The van der Waals surface area contributed by atoms with E-state index in [1.165, 1.54) is 31.3 Å². The van der Waals surface area contributed by atoms with Gasteiger partial charge in [0.2, 0.25) is 10.0 Å². The summed E-state index contributed by atoms with van der Waals surface area (Å²) >= 11 is 3.35. The highest BCUT2D eigenvalue weighted by Gasteiger charge is 2.11. The van der Waals surface area contributed by atoms with E-state index in [-0.39, 0.29) is 10.7 Å². The third kappa shape index (κ3) is 4.03. The Bertz CT molecular complexity index is 750. The summed E-state index contributed by atoms with van der Waals surface area (Å²) < 4.78 is 39.7. The molecule has 112 valence electrons. The minimum absolute atomic E-state index is 0.174. The van der Waals surface area contributed by atoms with Crippen molar-refractivity contribution in [2.45, 2.75) is 11.4 Å². The number of benzene rings is 2. The Labute approximate surface area is 131 Å². The maximum absolute atomic E-state index is 13.2.